The fraction of sp³-hybridized carbons (Fsp3) is 0.333. The van der Waals surface area contributed by atoms with Crippen LogP contribution in [0.5, 0.6) is 0 Å². The molecule has 7 nitrogen and oxygen atoms in total. The molecular weight excluding hydrogens is 428 g/mol. The Kier molecular flexibility index (Phi) is 6.74. The largest absolute Gasteiger partial charge is 0.463 e. The first kappa shape index (κ1) is 23.5. The van der Waals surface area contributed by atoms with Gasteiger partial charge in [0, 0.05) is 5.70 Å². The molecule has 0 fully saturated rings. The zero-order valence-corrected chi connectivity index (χ0v) is 19.5. The van der Waals surface area contributed by atoms with Crippen LogP contribution in [0.15, 0.2) is 70.8 Å². The minimum absolute atomic E-state index is 0.0148. The Balaban J connectivity index is 2.04. The Hall–Kier alpha value is -3.13. The van der Waals surface area contributed by atoms with E-state index in [-0.39, 0.29) is 28.2 Å². The van der Waals surface area contributed by atoms with Crippen molar-refractivity contribution in [2.24, 2.45) is 0 Å². The number of benzene rings is 2. The lowest BCUT2D eigenvalue weighted by atomic mass is 9.87. The number of sulfone groups is 1. The van der Waals surface area contributed by atoms with Crippen LogP contribution in [0.4, 0.5) is 4.79 Å². The summed E-state index contributed by atoms with van der Waals surface area (Å²) in [5, 5.41) is 5.21. The zero-order chi connectivity index (χ0) is 23.5. The third-order valence-corrected chi connectivity index (χ3v) is 6.85. The Morgan fingerprint density at radius 2 is 1.66 bits per heavy atom. The maximum absolute atomic E-state index is 13.2. The molecule has 1 heterocycles. The highest BCUT2D eigenvalue weighted by molar-refractivity contribution is 7.91. The summed E-state index contributed by atoms with van der Waals surface area (Å²) < 4.78 is 31.5. The fourth-order valence-electron chi connectivity index (χ4n) is 3.51. The first-order valence-electron chi connectivity index (χ1n) is 10.4. The lowest BCUT2D eigenvalue weighted by Crippen LogP contribution is -2.47. The SMILES string of the molecule is CCOC(=O)C1=C(CS(=O)(=O)c2ccc(C(C)(C)C)cc2)NC(=O)NC1c1ccccc1. The molecule has 1 aliphatic heterocycles. The quantitative estimate of drug-likeness (QED) is 0.647. The van der Waals surface area contributed by atoms with Gasteiger partial charge in [0.15, 0.2) is 9.84 Å². The number of urea groups is 1. The zero-order valence-electron chi connectivity index (χ0n) is 18.6. The summed E-state index contributed by atoms with van der Waals surface area (Å²) in [5.41, 5.74) is 1.62. The standard InChI is InChI=1S/C24H28N2O5S/c1-5-31-22(27)20-19(25-23(28)26-21(20)16-9-7-6-8-10-16)15-32(29,30)18-13-11-17(12-14-18)24(2,3)4/h6-14,21H,5,15H2,1-4H3,(H2,25,26,28). The van der Waals surface area contributed by atoms with Crippen LogP contribution >= 0.6 is 0 Å². The van der Waals surface area contributed by atoms with Gasteiger partial charge in [-0.3, -0.25) is 0 Å². The molecule has 0 saturated heterocycles. The summed E-state index contributed by atoms with van der Waals surface area (Å²) in [6.07, 6.45) is 0. The second-order valence-electron chi connectivity index (χ2n) is 8.59. The molecule has 1 unspecified atom stereocenters. The molecule has 0 spiro atoms. The van der Waals surface area contributed by atoms with Crippen molar-refractivity contribution in [2.45, 2.75) is 44.0 Å². The van der Waals surface area contributed by atoms with Crippen molar-refractivity contribution in [3.05, 3.63) is 77.0 Å². The van der Waals surface area contributed by atoms with E-state index in [1.807, 2.05) is 26.8 Å². The van der Waals surface area contributed by atoms with Crippen LogP contribution in [0.25, 0.3) is 0 Å². The number of hydrogen-bond acceptors (Lipinski definition) is 5. The topological polar surface area (TPSA) is 102 Å². The van der Waals surface area contributed by atoms with E-state index in [9.17, 15) is 18.0 Å². The average molecular weight is 457 g/mol. The van der Waals surface area contributed by atoms with Crippen LogP contribution in [0.2, 0.25) is 0 Å². The molecular formula is C24H28N2O5S. The highest BCUT2D eigenvalue weighted by Gasteiger charge is 2.35. The van der Waals surface area contributed by atoms with E-state index in [0.29, 0.717) is 5.56 Å². The number of carbonyl (C=O) groups is 2. The van der Waals surface area contributed by atoms with Crippen molar-refractivity contribution < 1.29 is 22.7 Å². The summed E-state index contributed by atoms with van der Waals surface area (Å²) in [7, 11) is -3.84. The van der Waals surface area contributed by atoms with E-state index in [4.69, 9.17) is 4.74 Å². The molecule has 0 radical (unpaired) electrons. The van der Waals surface area contributed by atoms with Crippen molar-refractivity contribution in [1.82, 2.24) is 10.6 Å². The molecule has 0 bridgehead atoms. The molecule has 2 aromatic carbocycles. The normalized spacial score (nSPS) is 16.9. The number of carbonyl (C=O) groups excluding carboxylic acids is 2. The van der Waals surface area contributed by atoms with Gasteiger partial charge in [-0.05, 0) is 35.6 Å². The van der Waals surface area contributed by atoms with E-state index >= 15 is 0 Å². The van der Waals surface area contributed by atoms with Gasteiger partial charge in [-0.25, -0.2) is 18.0 Å². The maximum atomic E-state index is 13.2. The maximum Gasteiger partial charge on any atom is 0.338 e. The number of amides is 2. The van der Waals surface area contributed by atoms with Gasteiger partial charge in [-0.2, -0.15) is 0 Å². The summed E-state index contributed by atoms with van der Waals surface area (Å²) in [4.78, 5) is 25.3. The summed E-state index contributed by atoms with van der Waals surface area (Å²) >= 11 is 0. The van der Waals surface area contributed by atoms with Crippen molar-refractivity contribution in [3.8, 4) is 0 Å². The molecule has 1 atom stereocenters. The molecule has 1 aliphatic rings. The Labute approximate surface area is 188 Å². The van der Waals surface area contributed by atoms with E-state index in [1.54, 1.807) is 55.5 Å². The number of esters is 1. The molecule has 0 aliphatic carbocycles. The first-order chi connectivity index (χ1) is 15.0. The second-order valence-corrected chi connectivity index (χ2v) is 10.6. The molecule has 32 heavy (non-hydrogen) atoms. The Morgan fingerprint density at radius 3 is 2.22 bits per heavy atom. The third-order valence-electron chi connectivity index (χ3n) is 5.20. The molecule has 0 saturated carbocycles. The first-order valence-corrected chi connectivity index (χ1v) is 12.0. The van der Waals surface area contributed by atoms with Crippen molar-refractivity contribution in [2.75, 3.05) is 12.4 Å². The van der Waals surface area contributed by atoms with Crippen LogP contribution in [0.3, 0.4) is 0 Å². The van der Waals surface area contributed by atoms with Gasteiger partial charge in [0.2, 0.25) is 0 Å². The Bertz CT molecular complexity index is 1130. The fourth-order valence-corrected chi connectivity index (χ4v) is 4.84. The number of nitrogens with one attached hydrogen (secondary N) is 2. The van der Waals surface area contributed by atoms with E-state index in [1.165, 1.54) is 0 Å². The molecule has 0 aromatic heterocycles. The van der Waals surface area contributed by atoms with Crippen LogP contribution in [-0.2, 0) is 24.8 Å². The summed E-state index contributed by atoms with van der Waals surface area (Å²) in [6, 6.07) is 14.1. The van der Waals surface area contributed by atoms with Crippen molar-refractivity contribution in [3.63, 3.8) is 0 Å². The second kappa shape index (κ2) is 9.16. The van der Waals surface area contributed by atoms with Gasteiger partial charge in [-0.15, -0.1) is 0 Å². The van der Waals surface area contributed by atoms with Gasteiger partial charge in [0.1, 0.15) is 0 Å². The highest BCUT2D eigenvalue weighted by Crippen LogP contribution is 2.30. The van der Waals surface area contributed by atoms with E-state index in [0.717, 1.165) is 5.56 Å². The van der Waals surface area contributed by atoms with Crippen molar-refractivity contribution >= 4 is 21.8 Å². The highest BCUT2D eigenvalue weighted by atomic mass is 32.2. The number of hydrogen-bond donors (Lipinski definition) is 2. The number of rotatable bonds is 6. The monoisotopic (exact) mass is 456 g/mol. The van der Waals surface area contributed by atoms with Crippen LogP contribution in [0.1, 0.15) is 44.9 Å². The lowest BCUT2D eigenvalue weighted by molar-refractivity contribution is -0.139. The van der Waals surface area contributed by atoms with Crippen LogP contribution in [-0.4, -0.2) is 32.8 Å². The summed E-state index contributed by atoms with van der Waals surface area (Å²) in [5.74, 6) is -1.21. The molecule has 2 amide bonds. The predicted octanol–water partition coefficient (Wildman–Crippen LogP) is 3.63. The summed E-state index contributed by atoms with van der Waals surface area (Å²) in [6.45, 7) is 7.91. The number of ether oxygens (including phenoxy) is 1. The van der Waals surface area contributed by atoms with Crippen LogP contribution < -0.4 is 10.6 Å². The van der Waals surface area contributed by atoms with Crippen LogP contribution in [0, 0.1) is 0 Å². The van der Waals surface area contributed by atoms with E-state index < -0.39 is 33.6 Å². The van der Waals surface area contributed by atoms with Gasteiger partial charge in [0.25, 0.3) is 0 Å². The minimum atomic E-state index is -3.84. The van der Waals surface area contributed by atoms with Gasteiger partial charge in [-0.1, -0.05) is 63.2 Å². The third kappa shape index (κ3) is 5.19. The molecule has 2 N–H and O–H groups in total. The predicted molar refractivity (Wildman–Crippen MR) is 122 cm³/mol. The molecule has 170 valence electrons. The van der Waals surface area contributed by atoms with Gasteiger partial charge in [0.05, 0.1) is 28.9 Å². The minimum Gasteiger partial charge on any atom is -0.463 e. The lowest BCUT2D eigenvalue weighted by Gasteiger charge is -2.29. The van der Waals surface area contributed by atoms with E-state index in [2.05, 4.69) is 10.6 Å². The molecule has 2 aromatic rings. The van der Waals surface area contributed by atoms with Gasteiger partial charge < -0.3 is 15.4 Å². The van der Waals surface area contributed by atoms with Gasteiger partial charge >= 0.3 is 12.0 Å². The average Bonchev–Trinajstić information content (AvgIpc) is 2.73. The smallest absolute Gasteiger partial charge is 0.338 e. The molecule has 8 heteroatoms. The van der Waals surface area contributed by atoms with Crippen molar-refractivity contribution in [1.29, 1.82) is 0 Å². The molecule has 3 rings (SSSR count). The Morgan fingerprint density at radius 1 is 1.03 bits per heavy atom.